The summed E-state index contributed by atoms with van der Waals surface area (Å²) in [6, 6.07) is 7.11. The van der Waals surface area contributed by atoms with Crippen molar-refractivity contribution in [3.8, 4) is 0 Å². The number of aromatic amines is 1. The highest BCUT2D eigenvalue weighted by atomic mass is 16.4. The average Bonchev–Trinajstić information content (AvgIpc) is 2.91. The van der Waals surface area contributed by atoms with Gasteiger partial charge in [0, 0.05) is 42.0 Å². The molecular weight excluding hydrogens is 276 g/mol. The van der Waals surface area contributed by atoms with Gasteiger partial charge in [0.2, 0.25) is 0 Å². The maximum atomic E-state index is 10.9. The zero-order valence-corrected chi connectivity index (χ0v) is 12.9. The normalized spacial score (nSPS) is 27.8. The van der Waals surface area contributed by atoms with Crippen LogP contribution < -0.4 is 0 Å². The molecule has 2 heterocycles. The van der Waals surface area contributed by atoms with Gasteiger partial charge in [0.05, 0.1) is 0 Å². The third-order valence-corrected chi connectivity index (χ3v) is 5.58. The summed E-state index contributed by atoms with van der Waals surface area (Å²) in [6.07, 6.45) is 5.46. The topological polar surface area (TPSA) is 56.3 Å². The number of carbonyl (C=O) groups is 1. The Morgan fingerprint density at radius 3 is 3.14 bits per heavy atom. The Balaban J connectivity index is 1.67. The van der Waals surface area contributed by atoms with Crippen LogP contribution in [0.4, 0.5) is 0 Å². The Morgan fingerprint density at radius 1 is 1.45 bits per heavy atom. The van der Waals surface area contributed by atoms with Gasteiger partial charge in [-0.25, -0.2) is 0 Å². The first-order chi connectivity index (χ1) is 10.6. The van der Waals surface area contributed by atoms with E-state index in [9.17, 15) is 4.79 Å². The van der Waals surface area contributed by atoms with Crippen LogP contribution in [-0.4, -0.2) is 40.6 Å². The molecule has 0 saturated carbocycles. The van der Waals surface area contributed by atoms with Crippen LogP contribution in [0.3, 0.4) is 0 Å². The molecule has 1 aromatic carbocycles. The summed E-state index contributed by atoms with van der Waals surface area (Å²) >= 11 is 0. The summed E-state index contributed by atoms with van der Waals surface area (Å²) in [7, 11) is 2.20. The van der Waals surface area contributed by atoms with Crippen molar-refractivity contribution in [3.05, 3.63) is 35.5 Å². The van der Waals surface area contributed by atoms with Crippen molar-refractivity contribution in [2.45, 2.75) is 37.6 Å². The summed E-state index contributed by atoms with van der Waals surface area (Å²) in [6.45, 7) is 1.02. The van der Waals surface area contributed by atoms with Gasteiger partial charge < -0.3 is 15.0 Å². The molecule has 1 saturated heterocycles. The third-order valence-electron chi connectivity index (χ3n) is 5.58. The number of likely N-dealkylation sites (tertiary alicyclic amines) is 1. The van der Waals surface area contributed by atoms with Crippen molar-refractivity contribution in [3.63, 3.8) is 0 Å². The van der Waals surface area contributed by atoms with Gasteiger partial charge in [-0.3, -0.25) is 4.79 Å². The maximum absolute atomic E-state index is 10.9. The zero-order valence-electron chi connectivity index (χ0n) is 12.9. The molecule has 116 valence electrons. The number of piperidine rings is 1. The summed E-state index contributed by atoms with van der Waals surface area (Å²) in [5.41, 5.74) is 4.13. The number of hydrogen-bond acceptors (Lipinski definition) is 2. The lowest BCUT2D eigenvalue weighted by Crippen LogP contribution is -2.47. The highest BCUT2D eigenvalue weighted by Gasteiger charge is 2.39. The van der Waals surface area contributed by atoms with E-state index in [-0.39, 0.29) is 6.42 Å². The van der Waals surface area contributed by atoms with Gasteiger partial charge in [-0.1, -0.05) is 12.1 Å². The van der Waals surface area contributed by atoms with Gasteiger partial charge in [-0.15, -0.1) is 0 Å². The van der Waals surface area contributed by atoms with E-state index in [0.29, 0.717) is 17.9 Å². The number of fused-ring (bicyclic) bond motifs is 2. The molecule has 0 amide bonds. The van der Waals surface area contributed by atoms with E-state index in [1.54, 1.807) is 0 Å². The molecule has 1 aliphatic carbocycles. The molecule has 4 heteroatoms. The molecule has 1 aromatic heterocycles. The lowest BCUT2D eigenvalue weighted by Gasteiger charge is -2.45. The van der Waals surface area contributed by atoms with Gasteiger partial charge >= 0.3 is 5.97 Å². The number of aliphatic carboxylic acids is 1. The maximum Gasteiger partial charge on any atom is 0.303 e. The number of nitrogens with zero attached hydrogens (tertiary/aromatic N) is 1. The van der Waals surface area contributed by atoms with Crippen molar-refractivity contribution in [2.24, 2.45) is 5.92 Å². The van der Waals surface area contributed by atoms with E-state index >= 15 is 0 Å². The number of likely N-dealkylation sites (N-methyl/N-ethyl adjacent to an activating group) is 1. The largest absolute Gasteiger partial charge is 0.481 e. The molecule has 22 heavy (non-hydrogen) atoms. The second kappa shape index (κ2) is 5.13. The molecule has 1 unspecified atom stereocenters. The Hall–Kier alpha value is -1.81. The highest BCUT2D eigenvalue weighted by Crippen LogP contribution is 2.44. The second-order valence-electron chi connectivity index (χ2n) is 6.94. The van der Waals surface area contributed by atoms with Crippen LogP contribution in [0.1, 0.15) is 36.3 Å². The number of carboxylic acid groups (broad SMARTS) is 1. The predicted molar refractivity (Wildman–Crippen MR) is 86.1 cm³/mol. The number of aromatic nitrogens is 1. The summed E-state index contributed by atoms with van der Waals surface area (Å²) < 4.78 is 0. The Kier molecular flexibility index (Phi) is 3.22. The fourth-order valence-corrected chi connectivity index (χ4v) is 4.59. The van der Waals surface area contributed by atoms with E-state index in [0.717, 1.165) is 25.8 Å². The SMILES string of the molecule is CN1C[C@H](CCC(=O)O)CC2c3cccc4[nH]cc(c34)C[C@H]21. The lowest BCUT2D eigenvalue weighted by molar-refractivity contribution is -0.137. The highest BCUT2D eigenvalue weighted by molar-refractivity contribution is 5.88. The van der Waals surface area contributed by atoms with E-state index in [1.807, 2.05) is 0 Å². The van der Waals surface area contributed by atoms with E-state index < -0.39 is 5.97 Å². The van der Waals surface area contributed by atoms with Gasteiger partial charge in [-0.2, -0.15) is 0 Å². The molecule has 0 radical (unpaired) electrons. The monoisotopic (exact) mass is 298 g/mol. The average molecular weight is 298 g/mol. The van der Waals surface area contributed by atoms with Crippen LogP contribution in [0.15, 0.2) is 24.4 Å². The predicted octanol–water partition coefficient (Wildman–Crippen LogP) is 2.99. The Bertz CT molecular complexity index is 721. The Morgan fingerprint density at radius 2 is 2.32 bits per heavy atom. The molecule has 0 bridgehead atoms. The number of carboxylic acids is 1. The van der Waals surface area contributed by atoms with E-state index in [2.05, 4.69) is 41.3 Å². The molecule has 2 N–H and O–H groups in total. The van der Waals surface area contributed by atoms with Crippen molar-refractivity contribution < 1.29 is 9.90 Å². The first kappa shape index (κ1) is 13.8. The van der Waals surface area contributed by atoms with Gasteiger partial charge in [0.15, 0.2) is 0 Å². The summed E-state index contributed by atoms with van der Waals surface area (Å²) in [5.74, 6) is 0.339. The molecule has 2 aliphatic rings. The smallest absolute Gasteiger partial charge is 0.303 e. The fourth-order valence-electron chi connectivity index (χ4n) is 4.59. The van der Waals surface area contributed by atoms with E-state index in [4.69, 9.17) is 5.11 Å². The number of nitrogens with one attached hydrogen (secondary N) is 1. The molecule has 4 nitrogen and oxygen atoms in total. The van der Waals surface area contributed by atoms with Crippen LogP contribution in [0.25, 0.3) is 10.9 Å². The van der Waals surface area contributed by atoms with Crippen molar-refractivity contribution in [2.75, 3.05) is 13.6 Å². The number of benzene rings is 1. The molecule has 0 spiro atoms. The van der Waals surface area contributed by atoms with Crippen molar-refractivity contribution in [1.82, 2.24) is 9.88 Å². The quantitative estimate of drug-likeness (QED) is 0.916. The van der Waals surface area contributed by atoms with Crippen LogP contribution in [0, 0.1) is 5.92 Å². The minimum Gasteiger partial charge on any atom is -0.481 e. The molecule has 1 fully saturated rings. The summed E-state index contributed by atoms with van der Waals surface area (Å²) in [5, 5.41) is 10.4. The lowest BCUT2D eigenvalue weighted by atomic mass is 9.72. The minimum absolute atomic E-state index is 0.287. The van der Waals surface area contributed by atoms with Gasteiger partial charge in [0.1, 0.15) is 0 Å². The Labute approximate surface area is 130 Å². The van der Waals surface area contributed by atoms with Crippen LogP contribution in [0.2, 0.25) is 0 Å². The molecule has 4 rings (SSSR count). The number of rotatable bonds is 3. The summed E-state index contributed by atoms with van der Waals surface area (Å²) in [4.78, 5) is 16.7. The third kappa shape index (κ3) is 2.13. The van der Waals surface area contributed by atoms with Crippen molar-refractivity contribution in [1.29, 1.82) is 0 Å². The molecule has 2 aromatic rings. The van der Waals surface area contributed by atoms with Crippen LogP contribution in [-0.2, 0) is 11.2 Å². The van der Waals surface area contributed by atoms with E-state index in [1.165, 1.54) is 22.0 Å². The minimum atomic E-state index is -0.677. The number of H-pyrrole nitrogens is 1. The molecule has 3 atom stereocenters. The van der Waals surface area contributed by atoms with Gasteiger partial charge in [-0.05, 0) is 49.4 Å². The van der Waals surface area contributed by atoms with Crippen LogP contribution in [0.5, 0.6) is 0 Å². The second-order valence-corrected chi connectivity index (χ2v) is 6.94. The van der Waals surface area contributed by atoms with Crippen molar-refractivity contribution >= 4 is 16.9 Å². The van der Waals surface area contributed by atoms with Crippen LogP contribution >= 0.6 is 0 Å². The fraction of sp³-hybridized carbons (Fsp3) is 0.500. The molecular formula is C18H22N2O2. The zero-order chi connectivity index (χ0) is 15.3. The first-order valence-corrected chi connectivity index (χ1v) is 8.14. The number of hydrogen-bond donors (Lipinski definition) is 2. The standard InChI is InChI=1S/C18H22N2O2/c1-20-10-11(5-6-17(21)22)7-14-13-3-2-4-15-18(13)12(9-19-15)8-16(14)20/h2-4,9,11,14,16,19H,5-8,10H2,1H3,(H,21,22)/t11-,14?,16-/m1/s1. The van der Waals surface area contributed by atoms with Gasteiger partial charge in [0.25, 0.3) is 0 Å². The molecule has 1 aliphatic heterocycles. The first-order valence-electron chi connectivity index (χ1n) is 8.14.